The quantitative estimate of drug-likeness (QED) is 0.675. The van der Waals surface area contributed by atoms with Crippen LogP contribution in [0.3, 0.4) is 0 Å². The molecule has 3 rings (SSSR count). The molecule has 20 heavy (non-hydrogen) atoms. The smallest absolute Gasteiger partial charge is 0.126 e. The number of hydrogen-bond donors (Lipinski definition) is 1. The molecular formula is C16H14ClFIN. The van der Waals surface area contributed by atoms with Crippen LogP contribution in [0.5, 0.6) is 0 Å². The average molecular weight is 402 g/mol. The number of anilines is 1. The van der Waals surface area contributed by atoms with Crippen LogP contribution in [-0.2, 0) is 0 Å². The average Bonchev–Trinajstić information content (AvgIpc) is 2.37. The summed E-state index contributed by atoms with van der Waals surface area (Å²) in [7, 11) is 0. The Morgan fingerprint density at radius 3 is 2.60 bits per heavy atom. The molecule has 4 heteroatoms. The topological polar surface area (TPSA) is 12.0 Å². The third-order valence-electron chi connectivity index (χ3n) is 3.77. The summed E-state index contributed by atoms with van der Waals surface area (Å²) in [5.74, 6) is 0.222. The highest BCUT2D eigenvalue weighted by molar-refractivity contribution is 14.1. The molecule has 2 aromatic carbocycles. The lowest BCUT2D eigenvalue weighted by molar-refractivity contribution is 0.363. The molecule has 0 saturated heterocycles. The molecule has 104 valence electrons. The first-order valence-corrected chi connectivity index (χ1v) is 8.05. The third-order valence-corrected chi connectivity index (χ3v) is 4.76. The molecule has 0 unspecified atom stereocenters. The molecule has 0 aromatic heterocycles. The molecule has 1 saturated carbocycles. The van der Waals surface area contributed by atoms with E-state index in [0.29, 0.717) is 12.0 Å². The maximum Gasteiger partial charge on any atom is 0.126 e. The molecule has 1 aliphatic carbocycles. The molecule has 2 aromatic rings. The molecule has 1 nitrogen and oxygen atoms in total. The van der Waals surface area contributed by atoms with Crippen LogP contribution in [0.2, 0.25) is 5.02 Å². The fraction of sp³-hybridized carbons (Fsp3) is 0.250. The highest BCUT2D eigenvalue weighted by Crippen LogP contribution is 2.40. The van der Waals surface area contributed by atoms with Crippen molar-refractivity contribution in [3.05, 3.63) is 62.4 Å². The first-order chi connectivity index (χ1) is 9.63. The van der Waals surface area contributed by atoms with E-state index in [1.165, 1.54) is 6.07 Å². The van der Waals surface area contributed by atoms with E-state index < -0.39 is 0 Å². The summed E-state index contributed by atoms with van der Waals surface area (Å²) in [4.78, 5) is 0. The third kappa shape index (κ3) is 2.93. The fourth-order valence-electron chi connectivity index (χ4n) is 2.62. The van der Waals surface area contributed by atoms with Gasteiger partial charge in [0.1, 0.15) is 5.82 Å². The molecule has 1 aliphatic rings. The zero-order valence-corrected chi connectivity index (χ0v) is 13.7. The van der Waals surface area contributed by atoms with Crippen LogP contribution in [-0.4, -0.2) is 6.04 Å². The fourth-order valence-corrected chi connectivity index (χ4v) is 3.53. The number of benzene rings is 2. The number of halogens is 3. The first kappa shape index (κ1) is 14.1. The minimum atomic E-state index is -0.0942. The normalized spacial score (nSPS) is 21.4. The van der Waals surface area contributed by atoms with Crippen LogP contribution in [0.25, 0.3) is 0 Å². The molecule has 1 fully saturated rings. The highest BCUT2D eigenvalue weighted by Gasteiger charge is 2.32. The Hall–Kier alpha value is -0.810. The lowest BCUT2D eigenvalue weighted by Crippen LogP contribution is -2.34. The summed E-state index contributed by atoms with van der Waals surface area (Å²) in [6.45, 7) is 0. The van der Waals surface area contributed by atoms with Gasteiger partial charge in [-0.05, 0) is 71.2 Å². The minimum absolute atomic E-state index is 0.0942. The maximum absolute atomic E-state index is 13.7. The van der Waals surface area contributed by atoms with Gasteiger partial charge in [-0.15, -0.1) is 0 Å². The minimum Gasteiger partial charge on any atom is -0.381 e. The molecule has 0 bridgehead atoms. The van der Waals surface area contributed by atoms with Crippen molar-refractivity contribution in [1.29, 1.82) is 0 Å². The summed E-state index contributed by atoms with van der Waals surface area (Å²) in [6, 6.07) is 13.4. The largest absolute Gasteiger partial charge is 0.381 e. The molecule has 1 N–H and O–H groups in total. The second-order valence-corrected chi connectivity index (χ2v) is 6.81. The summed E-state index contributed by atoms with van der Waals surface area (Å²) in [6.07, 6.45) is 1.90. The van der Waals surface area contributed by atoms with E-state index in [1.54, 1.807) is 6.07 Å². The van der Waals surface area contributed by atoms with Crippen molar-refractivity contribution < 1.29 is 4.39 Å². The van der Waals surface area contributed by atoms with Crippen LogP contribution >= 0.6 is 34.2 Å². The van der Waals surface area contributed by atoms with Crippen LogP contribution in [0.4, 0.5) is 10.1 Å². The Kier molecular flexibility index (Phi) is 4.17. The van der Waals surface area contributed by atoms with Crippen LogP contribution in [0.15, 0.2) is 42.5 Å². The monoisotopic (exact) mass is 401 g/mol. The SMILES string of the molecule is Fc1ccccc1C1CC(Nc2ccc(I)cc2Cl)C1. The van der Waals surface area contributed by atoms with Gasteiger partial charge < -0.3 is 5.32 Å². The van der Waals surface area contributed by atoms with Crippen molar-refractivity contribution in [3.8, 4) is 0 Å². The van der Waals surface area contributed by atoms with Crippen LogP contribution in [0.1, 0.15) is 24.3 Å². The maximum atomic E-state index is 13.7. The molecule has 0 aliphatic heterocycles. The van der Waals surface area contributed by atoms with Gasteiger partial charge in [-0.25, -0.2) is 4.39 Å². The van der Waals surface area contributed by atoms with Gasteiger partial charge in [-0.1, -0.05) is 29.8 Å². The van der Waals surface area contributed by atoms with E-state index in [4.69, 9.17) is 11.6 Å². The second-order valence-electron chi connectivity index (χ2n) is 5.16. The summed E-state index contributed by atoms with van der Waals surface area (Å²) in [5.41, 5.74) is 1.79. The first-order valence-electron chi connectivity index (χ1n) is 6.59. The van der Waals surface area contributed by atoms with Crippen molar-refractivity contribution in [2.45, 2.75) is 24.8 Å². The lowest BCUT2D eigenvalue weighted by Gasteiger charge is -2.37. The number of rotatable bonds is 3. The van der Waals surface area contributed by atoms with E-state index >= 15 is 0 Å². The summed E-state index contributed by atoms with van der Waals surface area (Å²) in [5, 5.41) is 4.18. The molecule has 0 atom stereocenters. The lowest BCUT2D eigenvalue weighted by atomic mass is 9.75. The molecule has 0 spiro atoms. The zero-order chi connectivity index (χ0) is 14.1. The standard InChI is InChI=1S/C16H14ClFIN/c17-14-9-11(19)5-6-16(14)20-12-7-10(8-12)13-3-1-2-4-15(13)18/h1-6,9-10,12,20H,7-8H2. The van der Waals surface area contributed by atoms with Gasteiger partial charge in [0, 0.05) is 9.61 Å². The van der Waals surface area contributed by atoms with Crippen molar-refractivity contribution in [3.63, 3.8) is 0 Å². The highest BCUT2D eigenvalue weighted by atomic mass is 127. The Labute approximate surface area is 136 Å². The molecular weight excluding hydrogens is 388 g/mol. The van der Waals surface area contributed by atoms with Crippen LogP contribution in [0, 0.1) is 9.39 Å². The predicted octanol–water partition coefficient (Wildman–Crippen LogP) is 5.44. The summed E-state index contributed by atoms with van der Waals surface area (Å²) < 4.78 is 14.8. The Morgan fingerprint density at radius 1 is 1.15 bits per heavy atom. The van der Waals surface area contributed by atoms with E-state index in [-0.39, 0.29) is 5.82 Å². The number of hydrogen-bond acceptors (Lipinski definition) is 1. The summed E-state index contributed by atoms with van der Waals surface area (Å²) >= 11 is 8.45. The Morgan fingerprint density at radius 2 is 1.90 bits per heavy atom. The molecule has 0 heterocycles. The Balaban J connectivity index is 1.62. The van der Waals surface area contributed by atoms with Gasteiger partial charge >= 0.3 is 0 Å². The number of nitrogens with one attached hydrogen (secondary N) is 1. The van der Waals surface area contributed by atoms with Crippen LogP contribution < -0.4 is 5.32 Å². The van der Waals surface area contributed by atoms with Crippen molar-refractivity contribution in [1.82, 2.24) is 0 Å². The van der Waals surface area contributed by atoms with Gasteiger partial charge in [0.2, 0.25) is 0 Å². The predicted molar refractivity (Wildman–Crippen MR) is 90.0 cm³/mol. The van der Waals surface area contributed by atoms with E-state index in [9.17, 15) is 4.39 Å². The van der Waals surface area contributed by atoms with Crippen molar-refractivity contribution in [2.24, 2.45) is 0 Å². The van der Waals surface area contributed by atoms with Gasteiger partial charge in [-0.2, -0.15) is 0 Å². The second kappa shape index (κ2) is 5.90. The van der Waals surface area contributed by atoms with E-state index in [0.717, 1.165) is 32.7 Å². The Bertz CT molecular complexity index is 626. The van der Waals surface area contributed by atoms with Gasteiger partial charge in [0.15, 0.2) is 0 Å². The van der Waals surface area contributed by atoms with Crippen molar-refractivity contribution in [2.75, 3.05) is 5.32 Å². The van der Waals surface area contributed by atoms with E-state index in [2.05, 4.69) is 27.9 Å². The molecule has 0 radical (unpaired) electrons. The van der Waals surface area contributed by atoms with Gasteiger partial charge in [0.05, 0.1) is 10.7 Å². The molecule has 0 amide bonds. The zero-order valence-electron chi connectivity index (χ0n) is 10.7. The van der Waals surface area contributed by atoms with Crippen molar-refractivity contribution >= 4 is 39.9 Å². The van der Waals surface area contributed by atoms with E-state index in [1.807, 2.05) is 30.3 Å². The van der Waals surface area contributed by atoms with Gasteiger partial charge in [0.25, 0.3) is 0 Å². The van der Waals surface area contributed by atoms with Gasteiger partial charge in [-0.3, -0.25) is 0 Å².